The normalized spacial score (nSPS) is 14.1. The number of halogens is 1. The summed E-state index contributed by atoms with van der Waals surface area (Å²) in [7, 11) is 0. The number of hydrogen-bond acceptors (Lipinski definition) is 7. The molecule has 0 spiro atoms. The molecule has 168 valence electrons. The van der Waals surface area contributed by atoms with Crippen molar-refractivity contribution in [1.82, 2.24) is 24.5 Å². The zero-order valence-corrected chi connectivity index (χ0v) is 18.9. The Labute approximate surface area is 191 Å². The third kappa shape index (κ3) is 4.52. The summed E-state index contributed by atoms with van der Waals surface area (Å²) >= 11 is 6.05. The first-order valence-electron chi connectivity index (χ1n) is 10.6. The quantitative estimate of drug-likeness (QED) is 0.526. The minimum atomic E-state index is -0.242. The van der Waals surface area contributed by atoms with E-state index >= 15 is 0 Å². The Morgan fingerprint density at radius 3 is 2.69 bits per heavy atom. The molecular weight excluding hydrogens is 432 g/mol. The Morgan fingerprint density at radius 2 is 1.97 bits per heavy atom. The van der Waals surface area contributed by atoms with Crippen LogP contribution >= 0.6 is 11.6 Å². The van der Waals surface area contributed by atoms with E-state index in [1.54, 1.807) is 35.7 Å². The van der Waals surface area contributed by atoms with E-state index in [9.17, 15) is 9.59 Å². The number of hydrogen-bond donors (Lipinski definition) is 0. The van der Waals surface area contributed by atoms with Crippen LogP contribution in [0.2, 0.25) is 5.02 Å². The van der Waals surface area contributed by atoms with Crippen molar-refractivity contribution in [2.24, 2.45) is 0 Å². The number of carbonyl (C=O) groups is 2. The lowest BCUT2D eigenvalue weighted by molar-refractivity contribution is -0.143. The molecule has 0 saturated carbocycles. The van der Waals surface area contributed by atoms with Crippen molar-refractivity contribution in [3.05, 3.63) is 52.4 Å². The van der Waals surface area contributed by atoms with E-state index in [1.807, 2.05) is 11.8 Å². The van der Waals surface area contributed by atoms with Gasteiger partial charge in [0.05, 0.1) is 6.61 Å². The van der Waals surface area contributed by atoms with Crippen LogP contribution in [-0.4, -0.2) is 69.1 Å². The summed E-state index contributed by atoms with van der Waals surface area (Å²) in [6.45, 7) is 6.42. The molecule has 3 heterocycles. The number of anilines is 1. The summed E-state index contributed by atoms with van der Waals surface area (Å²) in [6.07, 6.45) is 2.22. The van der Waals surface area contributed by atoms with Gasteiger partial charge in [-0.05, 0) is 38.5 Å². The van der Waals surface area contributed by atoms with Crippen LogP contribution in [0.4, 0.5) is 5.82 Å². The van der Waals surface area contributed by atoms with Crippen LogP contribution in [0, 0.1) is 6.92 Å². The fourth-order valence-corrected chi connectivity index (χ4v) is 4.16. The highest BCUT2D eigenvalue weighted by Gasteiger charge is 2.27. The first kappa shape index (κ1) is 22.0. The molecule has 0 aliphatic carbocycles. The summed E-state index contributed by atoms with van der Waals surface area (Å²) in [5.74, 6) is 1.10. The predicted molar refractivity (Wildman–Crippen MR) is 120 cm³/mol. The summed E-state index contributed by atoms with van der Waals surface area (Å²) in [6, 6.07) is 7.00. The Morgan fingerprint density at radius 1 is 1.19 bits per heavy atom. The third-order valence-electron chi connectivity index (χ3n) is 5.53. The van der Waals surface area contributed by atoms with E-state index in [2.05, 4.69) is 20.0 Å². The molecule has 0 radical (unpaired) electrons. The molecule has 0 unspecified atom stereocenters. The molecule has 3 aromatic rings. The van der Waals surface area contributed by atoms with Gasteiger partial charge in [-0.1, -0.05) is 17.7 Å². The molecule has 1 aliphatic heterocycles. The smallest absolute Gasteiger partial charge is 0.306 e. The van der Waals surface area contributed by atoms with Crippen molar-refractivity contribution in [3.8, 4) is 0 Å². The van der Waals surface area contributed by atoms with Gasteiger partial charge >= 0.3 is 5.97 Å². The number of aromatic nitrogens is 4. The standard InChI is InChI=1S/C22H25ClN6O3/c1-3-32-19(30)8-7-18-15(2)26-22-24-14-25-29(22)20(18)27-9-11-28(12-10-27)21(31)16-5-4-6-17(23)13-16/h4-6,13-14H,3,7-12H2,1-2H3. The number of benzene rings is 1. The number of nitrogens with zero attached hydrogens (tertiary/aromatic N) is 6. The highest BCUT2D eigenvalue weighted by atomic mass is 35.5. The number of rotatable bonds is 6. The summed E-state index contributed by atoms with van der Waals surface area (Å²) in [4.78, 5) is 37.6. The van der Waals surface area contributed by atoms with Crippen LogP contribution in [-0.2, 0) is 16.0 Å². The van der Waals surface area contributed by atoms with Crippen molar-refractivity contribution in [2.45, 2.75) is 26.7 Å². The first-order valence-corrected chi connectivity index (χ1v) is 11.0. The van der Waals surface area contributed by atoms with Crippen LogP contribution in [0.5, 0.6) is 0 Å². The molecule has 1 aromatic carbocycles. The molecule has 1 amide bonds. The molecule has 0 bridgehead atoms. The van der Waals surface area contributed by atoms with Gasteiger partial charge in [0, 0.05) is 54.4 Å². The van der Waals surface area contributed by atoms with E-state index in [-0.39, 0.29) is 18.3 Å². The molecule has 1 aliphatic rings. The van der Waals surface area contributed by atoms with Crippen LogP contribution < -0.4 is 4.90 Å². The highest BCUT2D eigenvalue weighted by Crippen LogP contribution is 2.26. The molecular formula is C22H25ClN6O3. The van der Waals surface area contributed by atoms with Gasteiger partial charge in [0.25, 0.3) is 11.7 Å². The molecule has 0 N–H and O–H groups in total. The fraction of sp³-hybridized carbons (Fsp3) is 0.409. The van der Waals surface area contributed by atoms with E-state index in [1.165, 1.54) is 6.33 Å². The SMILES string of the molecule is CCOC(=O)CCc1c(C)nc2ncnn2c1N1CCN(C(=O)c2cccc(Cl)c2)CC1. The summed E-state index contributed by atoms with van der Waals surface area (Å²) in [5, 5.41) is 4.90. The highest BCUT2D eigenvalue weighted by molar-refractivity contribution is 6.30. The van der Waals surface area contributed by atoms with Gasteiger partial charge in [0.15, 0.2) is 0 Å². The minimum Gasteiger partial charge on any atom is -0.466 e. The molecule has 0 atom stereocenters. The summed E-state index contributed by atoms with van der Waals surface area (Å²) < 4.78 is 6.80. The van der Waals surface area contributed by atoms with Gasteiger partial charge in [-0.15, -0.1) is 0 Å². The van der Waals surface area contributed by atoms with Crippen LogP contribution in [0.1, 0.15) is 35.0 Å². The van der Waals surface area contributed by atoms with Crippen molar-refractivity contribution in [3.63, 3.8) is 0 Å². The molecule has 4 rings (SSSR count). The third-order valence-corrected chi connectivity index (χ3v) is 5.76. The van der Waals surface area contributed by atoms with Crippen molar-refractivity contribution in [1.29, 1.82) is 0 Å². The van der Waals surface area contributed by atoms with Crippen molar-refractivity contribution in [2.75, 3.05) is 37.7 Å². The number of fused-ring (bicyclic) bond motifs is 1. The van der Waals surface area contributed by atoms with Crippen LogP contribution in [0.3, 0.4) is 0 Å². The fourth-order valence-electron chi connectivity index (χ4n) is 3.97. The van der Waals surface area contributed by atoms with Crippen LogP contribution in [0.25, 0.3) is 5.78 Å². The molecule has 10 heteroatoms. The topological polar surface area (TPSA) is 92.9 Å². The summed E-state index contributed by atoms with van der Waals surface area (Å²) in [5.41, 5.74) is 2.33. The molecule has 1 saturated heterocycles. The number of carbonyl (C=O) groups excluding carboxylic acids is 2. The van der Waals surface area contributed by atoms with E-state index in [4.69, 9.17) is 16.3 Å². The Hall–Kier alpha value is -3.20. The number of esters is 1. The van der Waals surface area contributed by atoms with Gasteiger partial charge in [0.2, 0.25) is 0 Å². The first-order chi connectivity index (χ1) is 15.5. The second kappa shape index (κ2) is 9.52. The van der Waals surface area contributed by atoms with Gasteiger partial charge in [-0.2, -0.15) is 14.6 Å². The molecule has 9 nitrogen and oxygen atoms in total. The number of ether oxygens (including phenoxy) is 1. The maximum Gasteiger partial charge on any atom is 0.306 e. The average molecular weight is 457 g/mol. The van der Waals surface area contributed by atoms with Gasteiger partial charge < -0.3 is 14.5 Å². The largest absolute Gasteiger partial charge is 0.466 e. The van der Waals surface area contributed by atoms with Crippen molar-refractivity contribution >= 4 is 35.1 Å². The zero-order valence-electron chi connectivity index (χ0n) is 18.1. The lowest BCUT2D eigenvalue weighted by Crippen LogP contribution is -2.49. The molecule has 1 fully saturated rings. The lowest BCUT2D eigenvalue weighted by atomic mass is 10.1. The Kier molecular flexibility index (Phi) is 6.55. The van der Waals surface area contributed by atoms with E-state index in [0.29, 0.717) is 55.6 Å². The molecule has 2 aromatic heterocycles. The number of amides is 1. The monoisotopic (exact) mass is 456 g/mol. The Balaban J connectivity index is 1.55. The van der Waals surface area contributed by atoms with Gasteiger partial charge in [-0.25, -0.2) is 4.98 Å². The predicted octanol–water partition coefficient (Wildman–Crippen LogP) is 2.54. The van der Waals surface area contributed by atoms with E-state index < -0.39 is 0 Å². The number of aryl methyl sites for hydroxylation is 1. The molecule has 32 heavy (non-hydrogen) atoms. The minimum absolute atomic E-state index is 0.0357. The average Bonchev–Trinajstić information content (AvgIpc) is 3.25. The maximum atomic E-state index is 12.9. The Bertz CT molecular complexity index is 1140. The second-order valence-corrected chi connectivity index (χ2v) is 8.00. The zero-order chi connectivity index (χ0) is 22.7. The number of piperazine rings is 1. The van der Waals surface area contributed by atoms with Crippen molar-refractivity contribution < 1.29 is 14.3 Å². The van der Waals surface area contributed by atoms with Gasteiger partial charge in [-0.3, -0.25) is 9.59 Å². The van der Waals surface area contributed by atoms with E-state index in [0.717, 1.165) is 17.1 Å². The van der Waals surface area contributed by atoms with Crippen LogP contribution in [0.15, 0.2) is 30.6 Å². The second-order valence-electron chi connectivity index (χ2n) is 7.57. The van der Waals surface area contributed by atoms with Gasteiger partial charge in [0.1, 0.15) is 12.1 Å². The lowest BCUT2D eigenvalue weighted by Gasteiger charge is -2.37. The maximum absolute atomic E-state index is 12.9.